The van der Waals surface area contributed by atoms with E-state index in [1.807, 2.05) is 0 Å². The fourth-order valence-corrected chi connectivity index (χ4v) is 1.81. The van der Waals surface area contributed by atoms with Crippen LogP contribution in [0.1, 0.15) is 11.1 Å². The largest absolute Gasteiger partial charge is 0.482 e. The van der Waals surface area contributed by atoms with E-state index in [1.165, 1.54) is 24.3 Å². The summed E-state index contributed by atoms with van der Waals surface area (Å²) in [4.78, 5) is 20.6. The van der Waals surface area contributed by atoms with Crippen LogP contribution in [-0.2, 0) is 6.61 Å². The van der Waals surface area contributed by atoms with Gasteiger partial charge >= 0.3 is 5.69 Å². The number of rotatable bonds is 5. The smallest absolute Gasteiger partial charge is 0.311 e. The summed E-state index contributed by atoms with van der Waals surface area (Å²) in [6.45, 7) is 1.77. The lowest BCUT2D eigenvalue weighted by Gasteiger charge is -2.07. The highest BCUT2D eigenvalue weighted by Gasteiger charge is 2.15. The molecule has 0 amide bonds. The molecule has 2 rings (SSSR count). The van der Waals surface area contributed by atoms with Gasteiger partial charge in [0.2, 0.25) is 0 Å². The lowest BCUT2D eigenvalue weighted by Crippen LogP contribution is -2.00. The van der Waals surface area contributed by atoms with Crippen LogP contribution in [0.3, 0.4) is 0 Å². The zero-order chi connectivity index (χ0) is 15.4. The summed E-state index contributed by atoms with van der Waals surface area (Å²) in [5.41, 5.74) is 1.15. The lowest BCUT2D eigenvalue weighted by molar-refractivity contribution is -0.386. The van der Waals surface area contributed by atoms with Gasteiger partial charge in [0.1, 0.15) is 6.61 Å². The Morgan fingerprint density at radius 2 is 1.81 bits per heavy atom. The second-order valence-corrected chi connectivity index (χ2v) is 4.44. The Morgan fingerprint density at radius 1 is 1.05 bits per heavy atom. The van der Waals surface area contributed by atoms with Gasteiger partial charge in [0.05, 0.1) is 9.85 Å². The maximum atomic E-state index is 11.0. The summed E-state index contributed by atoms with van der Waals surface area (Å²) in [6.07, 6.45) is 0. The lowest BCUT2D eigenvalue weighted by atomic mass is 10.2. The quantitative estimate of drug-likeness (QED) is 0.620. The molecule has 0 aromatic heterocycles. The van der Waals surface area contributed by atoms with E-state index < -0.39 is 9.85 Å². The summed E-state index contributed by atoms with van der Waals surface area (Å²) in [5, 5.41) is 21.6. The molecule has 21 heavy (non-hydrogen) atoms. The SMILES string of the molecule is Cc1ccc(OCc2cccc([N+](=O)[O-])c2)c([N+](=O)[O-])c1. The monoisotopic (exact) mass is 288 g/mol. The van der Waals surface area contributed by atoms with E-state index in [0.29, 0.717) is 5.56 Å². The van der Waals surface area contributed by atoms with Crippen LogP contribution in [0.25, 0.3) is 0 Å². The van der Waals surface area contributed by atoms with E-state index in [-0.39, 0.29) is 23.7 Å². The van der Waals surface area contributed by atoms with Gasteiger partial charge in [-0.15, -0.1) is 0 Å². The molecule has 0 aliphatic carbocycles. The van der Waals surface area contributed by atoms with E-state index >= 15 is 0 Å². The first-order chi connectivity index (χ1) is 9.97. The van der Waals surface area contributed by atoms with Gasteiger partial charge in [-0.05, 0) is 24.1 Å². The molecule has 0 atom stereocenters. The first-order valence-corrected chi connectivity index (χ1v) is 6.08. The van der Waals surface area contributed by atoms with Crippen molar-refractivity contribution in [1.82, 2.24) is 0 Å². The third kappa shape index (κ3) is 3.53. The van der Waals surface area contributed by atoms with Gasteiger partial charge in [0, 0.05) is 18.2 Å². The molecule has 0 aliphatic rings. The zero-order valence-electron chi connectivity index (χ0n) is 11.2. The minimum Gasteiger partial charge on any atom is -0.482 e. The zero-order valence-corrected chi connectivity index (χ0v) is 11.2. The van der Waals surface area contributed by atoms with Crippen LogP contribution < -0.4 is 4.74 Å². The van der Waals surface area contributed by atoms with Gasteiger partial charge in [-0.1, -0.05) is 18.2 Å². The van der Waals surface area contributed by atoms with Crippen molar-refractivity contribution in [1.29, 1.82) is 0 Å². The molecule has 7 heteroatoms. The second-order valence-electron chi connectivity index (χ2n) is 4.44. The average molecular weight is 288 g/mol. The van der Waals surface area contributed by atoms with Crippen LogP contribution in [0, 0.1) is 27.2 Å². The third-order valence-electron chi connectivity index (χ3n) is 2.83. The number of nitro benzene ring substituents is 2. The van der Waals surface area contributed by atoms with Gasteiger partial charge < -0.3 is 4.74 Å². The molecular formula is C14H12N2O5. The van der Waals surface area contributed by atoms with Gasteiger partial charge in [-0.25, -0.2) is 0 Å². The summed E-state index contributed by atoms with van der Waals surface area (Å²) in [7, 11) is 0. The Balaban J connectivity index is 2.18. The van der Waals surface area contributed by atoms with E-state index in [4.69, 9.17) is 4.74 Å². The summed E-state index contributed by atoms with van der Waals surface area (Å²) in [5.74, 6) is 0.136. The highest BCUT2D eigenvalue weighted by Crippen LogP contribution is 2.28. The van der Waals surface area contributed by atoms with E-state index in [2.05, 4.69) is 0 Å². The fraction of sp³-hybridized carbons (Fsp3) is 0.143. The molecule has 0 fully saturated rings. The normalized spacial score (nSPS) is 10.1. The van der Waals surface area contributed by atoms with Crippen LogP contribution in [0.2, 0.25) is 0 Å². The third-order valence-corrected chi connectivity index (χ3v) is 2.83. The first kappa shape index (κ1) is 14.4. The molecule has 2 aromatic rings. The van der Waals surface area contributed by atoms with E-state index in [1.54, 1.807) is 25.1 Å². The second kappa shape index (κ2) is 6.00. The number of nitro groups is 2. The molecule has 108 valence electrons. The van der Waals surface area contributed by atoms with E-state index in [0.717, 1.165) is 5.56 Å². The number of aryl methyl sites for hydroxylation is 1. The summed E-state index contributed by atoms with van der Waals surface area (Å²) >= 11 is 0. The van der Waals surface area contributed by atoms with Gasteiger partial charge in [0.15, 0.2) is 5.75 Å². The van der Waals surface area contributed by atoms with Gasteiger partial charge in [-0.2, -0.15) is 0 Å². The highest BCUT2D eigenvalue weighted by molar-refractivity contribution is 5.48. The molecule has 0 spiro atoms. The number of benzene rings is 2. The Bertz CT molecular complexity index is 700. The molecule has 0 radical (unpaired) electrons. The van der Waals surface area contributed by atoms with Crippen molar-refractivity contribution in [3.63, 3.8) is 0 Å². The van der Waals surface area contributed by atoms with Crippen LogP contribution in [0.15, 0.2) is 42.5 Å². The molecule has 0 saturated heterocycles. The molecule has 2 aromatic carbocycles. The van der Waals surface area contributed by atoms with Crippen LogP contribution in [0.5, 0.6) is 5.75 Å². The Kier molecular flexibility index (Phi) is 4.13. The molecule has 0 unspecified atom stereocenters. The topological polar surface area (TPSA) is 95.5 Å². The molecule has 0 bridgehead atoms. The number of ether oxygens (including phenoxy) is 1. The molecule has 7 nitrogen and oxygen atoms in total. The van der Waals surface area contributed by atoms with Gasteiger partial charge in [0.25, 0.3) is 5.69 Å². The van der Waals surface area contributed by atoms with Crippen molar-refractivity contribution >= 4 is 11.4 Å². The number of nitrogens with zero attached hydrogens (tertiary/aromatic N) is 2. The van der Waals surface area contributed by atoms with Crippen molar-refractivity contribution < 1.29 is 14.6 Å². The maximum absolute atomic E-state index is 11.0. The van der Waals surface area contributed by atoms with E-state index in [9.17, 15) is 20.2 Å². The van der Waals surface area contributed by atoms with Crippen molar-refractivity contribution in [3.8, 4) is 5.75 Å². The summed E-state index contributed by atoms with van der Waals surface area (Å²) < 4.78 is 5.41. The first-order valence-electron chi connectivity index (χ1n) is 6.08. The maximum Gasteiger partial charge on any atom is 0.311 e. The minimum atomic E-state index is -0.518. The van der Waals surface area contributed by atoms with Crippen LogP contribution in [0.4, 0.5) is 11.4 Å². The molecule has 0 aliphatic heterocycles. The molecule has 0 saturated carbocycles. The van der Waals surface area contributed by atoms with Crippen molar-refractivity contribution in [2.24, 2.45) is 0 Å². The Hall–Kier alpha value is -2.96. The van der Waals surface area contributed by atoms with Crippen molar-refractivity contribution in [2.75, 3.05) is 0 Å². The summed E-state index contributed by atoms with van der Waals surface area (Å²) in [6, 6.07) is 10.6. The van der Waals surface area contributed by atoms with Gasteiger partial charge in [-0.3, -0.25) is 20.2 Å². The van der Waals surface area contributed by atoms with Crippen molar-refractivity contribution in [2.45, 2.75) is 13.5 Å². The average Bonchev–Trinajstić information content (AvgIpc) is 2.46. The standard InChI is InChI=1S/C14H12N2O5/c1-10-5-6-14(13(7-10)16(19)20)21-9-11-3-2-4-12(8-11)15(17)18/h2-8H,9H2,1H3. The molecule has 0 N–H and O–H groups in total. The highest BCUT2D eigenvalue weighted by atomic mass is 16.6. The molecule has 0 heterocycles. The van der Waals surface area contributed by atoms with Crippen LogP contribution in [-0.4, -0.2) is 9.85 Å². The fourth-order valence-electron chi connectivity index (χ4n) is 1.81. The van der Waals surface area contributed by atoms with Crippen LogP contribution >= 0.6 is 0 Å². The number of hydrogen-bond acceptors (Lipinski definition) is 5. The minimum absolute atomic E-state index is 0.0194. The Morgan fingerprint density at radius 3 is 2.48 bits per heavy atom. The molecular weight excluding hydrogens is 276 g/mol. The van der Waals surface area contributed by atoms with Crippen molar-refractivity contribution in [3.05, 3.63) is 73.8 Å². The number of non-ortho nitro benzene ring substituents is 1. The Labute approximate surface area is 120 Å². The predicted molar refractivity (Wildman–Crippen MR) is 75.3 cm³/mol. The number of hydrogen-bond donors (Lipinski definition) is 0. The predicted octanol–water partition coefficient (Wildman–Crippen LogP) is 3.39.